The fourth-order valence-electron chi connectivity index (χ4n) is 2.17. The molecular formula is C16H18FN3O3. The van der Waals surface area contributed by atoms with E-state index in [1.54, 1.807) is 19.2 Å². The number of hydrogen-bond acceptors (Lipinski definition) is 3. The Bertz CT molecular complexity index is 824. The Morgan fingerprint density at radius 1 is 1.22 bits per heavy atom. The van der Waals surface area contributed by atoms with Crippen LogP contribution in [0.25, 0.3) is 0 Å². The minimum atomic E-state index is -0.548. The number of halogens is 1. The average Bonchev–Trinajstić information content (AvgIpc) is 2.54. The Labute approximate surface area is 132 Å². The quantitative estimate of drug-likeness (QED) is 0.841. The van der Waals surface area contributed by atoms with Crippen molar-refractivity contribution < 1.29 is 9.18 Å². The Balaban J connectivity index is 2.17. The molecule has 1 amide bonds. The number of aromatic nitrogens is 2. The van der Waals surface area contributed by atoms with E-state index in [9.17, 15) is 18.8 Å². The minimum absolute atomic E-state index is 0.172. The molecule has 0 unspecified atom stereocenters. The van der Waals surface area contributed by atoms with E-state index in [2.05, 4.69) is 0 Å². The number of benzene rings is 1. The average molecular weight is 319 g/mol. The lowest BCUT2D eigenvalue weighted by molar-refractivity contribution is -0.132. The van der Waals surface area contributed by atoms with Gasteiger partial charge in [0.2, 0.25) is 5.91 Å². The number of amides is 1. The van der Waals surface area contributed by atoms with Gasteiger partial charge in [-0.15, -0.1) is 0 Å². The second-order valence-corrected chi connectivity index (χ2v) is 5.36. The maximum Gasteiger partial charge on any atom is 0.331 e. The molecule has 6 nitrogen and oxygen atoms in total. The molecule has 1 aromatic heterocycles. The van der Waals surface area contributed by atoms with Gasteiger partial charge in [-0.2, -0.15) is 0 Å². The molecule has 1 heterocycles. The Morgan fingerprint density at radius 2 is 1.83 bits per heavy atom. The van der Waals surface area contributed by atoms with Crippen molar-refractivity contribution in [2.75, 3.05) is 7.05 Å². The number of carbonyl (C=O) groups excluding carboxylic acids is 1. The molecule has 0 aliphatic heterocycles. The molecule has 0 aliphatic carbocycles. The van der Waals surface area contributed by atoms with Gasteiger partial charge in [-0.05, 0) is 24.6 Å². The Hall–Kier alpha value is -2.70. The summed E-state index contributed by atoms with van der Waals surface area (Å²) in [5.41, 5.74) is -0.185. The first-order valence-corrected chi connectivity index (χ1v) is 7.09. The van der Waals surface area contributed by atoms with Crippen LogP contribution in [0.3, 0.4) is 0 Å². The number of likely N-dealkylation sites (N-methyl/N-ethyl adjacent to an activating group) is 1. The third-order valence-corrected chi connectivity index (χ3v) is 3.89. The van der Waals surface area contributed by atoms with Crippen LogP contribution in [-0.2, 0) is 18.4 Å². The predicted molar refractivity (Wildman–Crippen MR) is 83.5 cm³/mol. The van der Waals surface area contributed by atoms with Gasteiger partial charge in [-0.25, -0.2) is 9.18 Å². The zero-order valence-electron chi connectivity index (χ0n) is 13.2. The molecule has 0 N–H and O–H groups in total. The fraction of sp³-hybridized carbons (Fsp3) is 0.312. The van der Waals surface area contributed by atoms with Crippen LogP contribution in [0.15, 0.2) is 46.1 Å². The van der Waals surface area contributed by atoms with Crippen molar-refractivity contribution in [3.05, 3.63) is 68.7 Å². The third-order valence-electron chi connectivity index (χ3n) is 3.89. The van der Waals surface area contributed by atoms with E-state index in [0.717, 1.165) is 10.1 Å². The van der Waals surface area contributed by atoms with Gasteiger partial charge in [0.05, 0.1) is 6.04 Å². The number of nitrogens with zero attached hydrogens (tertiary/aromatic N) is 3. The zero-order chi connectivity index (χ0) is 17.1. The van der Waals surface area contributed by atoms with E-state index >= 15 is 0 Å². The lowest BCUT2D eigenvalue weighted by Gasteiger charge is -2.25. The molecule has 0 radical (unpaired) electrons. The highest BCUT2D eigenvalue weighted by Gasteiger charge is 2.18. The SMILES string of the molecule is C[C@@H](c1ccc(F)cc1)N(C)C(=O)Cn1ccc(=O)n(C)c1=O. The minimum Gasteiger partial charge on any atom is -0.337 e. The molecule has 122 valence electrons. The van der Waals surface area contributed by atoms with Crippen LogP contribution in [0.4, 0.5) is 4.39 Å². The van der Waals surface area contributed by atoms with Crippen LogP contribution in [0.5, 0.6) is 0 Å². The van der Waals surface area contributed by atoms with Crippen molar-refractivity contribution >= 4 is 5.91 Å². The van der Waals surface area contributed by atoms with Gasteiger partial charge in [-0.1, -0.05) is 12.1 Å². The van der Waals surface area contributed by atoms with E-state index in [0.29, 0.717) is 0 Å². The molecule has 0 saturated heterocycles. The van der Waals surface area contributed by atoms with Crippen LogP contribution in [0.2, 0.25) is 0 Å². The summed E-state index contributed by atoms with van der Waals surface area (Å²) in [4.78, 5) is 37.1. The van der Waals surface area contributed by atoms with Crippen molar-refractivity contribution in [3.8, 4) is 0 Å². The topological polar surface area (TPSA) is 64.3 Å². The molecule has 1 aromatic carbocycles. The van der Waals surface area contributed by atoms with Crippen molar-refractivity contribution in [2.24, 2.45) is 7.05 Å². The molecule has 0 saturated carbocycles. The largest absolute Gasteiger partial charge is 0.337 e. The molecule has 7 heteroatoms. The number of rotatable bonds is 4. The van der Waals surface area contributed by atoms with Gasteiger partial charge in [0, 0.05) is 26.4 Å². The van der Waals surface area contributed by atoms with Crippen molar-refractivity contribution in [1.82, 2.24) is 14.0 Å². The molecule has 0 aliphatic rings. The van der Waals surface area contributed by atoms with Gasteiger partial charge >= 0.3 is 5.69 Å². The molecule has 2 rings (SSSR count). The van der Waals surface area contributed by atoms with Crippen LogP contribution < -0.4 is 11.2 Å². The van der Waals surface area contributed by atoms with Crippen molar-refractivity contribution in [2.45, 2.75) is 19.5 Å². The monoisotopic (exact) mass is 319 g/mol. The van der Waals surface area contributed by atoms with Crippen LogP contribution in [-0.4, -0.2) is 27.0 Å². The van der Waals surface area contributed by atoms with Gasteiger partial charge < -0.3 is 4.90 Å². The van der Waals surface area contributed by atoms with E-state index < -0.39 is 11.2 Å². The molecule has 0 bridgehead atoms. The third kappa shape index (κ3) is 3.56. The maximum absolute atomic E-state index is 13.0. The summed E-state index contributed by atoms with van der Waals surface area (Å²) in [6, 6.07) is 6.86. The molecule has 0 fully saturated rings. The van der Waals surface area contributed by atoms with Gasteiger partial charge in [0.25, 0.3) is 5.56 Å². The smallest absolute Gasteiger partial charge is 0.331 e. The highest BCUT2D eigenvalue weighted by molar-refractivity contribution is 5.76. The van der Waals surface area contributed by atoms with E-state index in [-0.39, 0.29) is 24.3 Å². The van der Waals surface area contributed by atoms with Crippen molar-refractivity contribution in [3.63, 3.8) is 0 Å². The summed E-state index contributed by atoms with van der Waals surface area (Å²) in [5.74, 6) is -0.630. The summed E-state index contributed by atoms with van der Waals surface area (Å²) in [5, 5.41) is 0. The summed E-state index contributed by atoms with van der Waals surface area (Å²) >= 11 is 0. The predicted octanol–water partition coefficient (Wildman–Crippen LogP) is 0.906. The highest BCUT2D eigenvalue weighted by Crippen LogP contribution is 2.19. The molecule has 23 heavy (non-hydrogen) atoms. The van der Waals surface area contributed by atoms with Crippen LogP contribution >= 0.6 is 0 Å². The highest BCUT2D eigenvalue weighted by atomic mass is 19.1. The first-order chi connectivity index (χ1) is 10.8. The lowest BCUT2D eigenvalue weighted by atomic mass is 10.1. The molecule has 2 aromatic rings. The maximum atomic E-state index is 13.0. The van der Waals surface area contributed by atoms with Crippen molar-refractivity contribution in [1.29, 1.82) is 0 Å². The van der Waals surface area contributed by atoms with Crippen LogP contribution in [0, 0.1) is 5.82 Å². The normalized spacial score (nSPS) is 12.0. The Kier molecular flexibility index (Phi) is 4.78. The second kappa shape index (κ2) is 6.60. The van der Waals surface area contributed by atoms with E-state index in [1.165, 1.54) is 40.9 Å². The van der Waals surface area contributed by atoms with E-state index in [4.69, 9.17) is 0 Å². The molecule has 1 atom stereocenters. The first-order valence-electron chi connectivity index (χ1n) is 7.09. The fourth-order valence-corrected chi connectivity index (χ4v) is 2.17. The lowest BCUT2D eigenvalue weighted by Crippen LogP contribution is -2.41. The molecule has 0 spiro atoms. The van der Waals surface area contributed by atoms with Gasteiger partial charge in [0.1, 0.15) is 12.4 Å². The number of carbonyl (C=O) groups is 1. The van der Waals surface area contributed by atoms with Gasteiger partial charge in [-0.3, -0.25) is 18.7 Å². The first kappa shape index (κ1) is 16.7. The Morgan fingerprint density at radius 3 is 2.43 bits per heavy atom. The van der Waals surface area contributed by atoms with E-state index in [1.807, 2.05) is 6.92 Å². The summed E-state index contributed by atoms with van der Waals surface area (Å²) in [6.45, 7) is 1.64. The summed E-state index contributed by atoms with van der Waals surface area (Å²) < 4.78 is 15.1. The molecular weight excluding hydrogens is 301 g/mol. The number of hydrogen-bond donors (Lipinski definition) is 0. The van der Waals surface area contributed by atoms with Gasteiger partial charge in [0.15, 0.2) is 0 Å². The van der Waals surface area contributed by atoms with Crippen LogP contribution in [0.1, 0.15) is 18.5 Å². The summed E-state index contributed by atoms with van der Waals surface area (Å²) in [6.07, 6.45) is 1.30. The standard InChI is InChI=1S/C16H18FN3O3/c1-11(12-4-6-13(17)7-5-12)18(2)15(22)10-20-9-8-14(21)19(3)16(20)23/h4-9,11H,10H2,1-3H3/t11-/m0/s1. The zero-order valence-corrected chi connectivity index (χ0v) is 13.2. The summed E-state index contributed by atoms with van der Waals surface area (Å²) in [7, 11) is 2.97. The second-order valence-electron chi connectivity index (χ2n) is 5.36.